The Kier molecular flexibility index (Phi) is 3.96. The first-order chi connectivity index (χ1) is 15.2. The number of hydrogen-bond donors (Lipinski definition) is 0. The van der Waals surface area contributed by atoms with E-state index in [2.05, 4.69) is 113 Å². The summed E-state index contributed by atoms with van der Waals surface area (Å²) in [4.78, 5) is 8.85. The van der Waals surface area contributed by atoms with Crippen molar-refractivity contribution < 1.29 is 4.42 Å². The third-order valence-electron chi connectivity index (χ3n) is 6.04. The molecule has 3 aromatic carbocycles. The number of nitrogens with zero attached hydrogens (tertiary/aromatic N) is 4. The van der Waals surface area contributed by atoms with Gasteiger partial charge in [-0.3, -0.25) is 0 Å². The van der Waals surface area contributed by atoms with Crippen LogP contribution in [0, 0.1) is 0 Å². The molecule has 1 aromatic heterocycles. The molecule has 2 aliphatic heterocycles. The maximum absolute atomic E-state index is 6.49. The van der Waals surface area contributed by atoms with Gasteiger partial charge in [0, 0.05) is 55.4 Å². The van der Waals surface area contributed by atoms with Gasteiger partial charge in [0.1, 0.15) is 5.58 Å². The van der Waals surface area contributed by atoms with Crippen molar-refractivity contribution in [3.63, 3.8) is 0 Å². The van der Waals surface area contributed by atoms with E-state index in [0.29, 0.717) is 0 Å². The Morgan fingerprint density at radius 3 is 2.13 bits per heavy atom. The van der Waals surface area contributed by atoms with Gasteiger partial charge in [-0.1, -0.05) is 36.4 Å². The molecule has 0 fully saturated rings. The van der Waals surface area contributed by atoms with E-state index in [1.54, 1.807) is 0 Å². The molecule has 0 N–H and O–H groups in total. The Bertz CT molecular complexity index is 1340. The van der Waals surface area contributed by atoms with Crippen LogP contribution in [0.1, 0.15) is 0 Å². The highest BCUT2D eigenvalue weighted by Gasteiger charge is 2.22. The summed E-state index contributed by atoms with van der Waals surface area (Å²) in [5.74, 6) is 0. The van der Waals surface area contributed by atoms with E-state index in [4.69, 9.17) is 4.42 Å². The minimum Gasteiger partial charge on any atom is -0.454 e. The first-order valence-corrected chi connectivity index (χ1v) is 10.5. The Hall–Kier alpha value is -3.86. The first kappa shape index (κ1) is 18.0. The van der Waals surface area contributed by atoms with Crippen molar-refractivity contribution in [3.05, 3.63) is 85.5 Å². The highest BCUT2D eigenvalue weighted by Crippen LogP contribution is 2.41. The molecule has 0 saturated heterocycles. The largest absolute Gasteiger partial charge is 0.454 e. The lowest BCUT2D eigenvalue weighted by Gasteiger charge is -2.23. The summed E-state index contributed by atoms with van der Waals surface area (Å²) < 4.78 is 6.49. The van der Waals surface area contributed by atoms with E-state index >= 15 is 0 Å². The molecule has 0 unspecified atom stereocenters. The Labute approximate surface area is 181 Å². The van der Waals surface area contributed by atoms with Gasteiger partial charge < -0.3 is 24.0 Å². The second-order valence-corrected chi connectivity index (χ2v) is 8.35. The van der Waals surface area contributed by atoms with Crippen molar-refractivity contribution in [2.24, 2.45) is 0 Å². The molecular weight excluding hydrogens is 384 g/mol. The number of rotatable bonds is 3. The highest BCUT2D eigenvalue weighted by atomic mass is 16.3. The van der Waals surface area contributed by atoms with Crippen LogP contribution in [0.3, 0.4) is 0 Å². The van der Waals surface area contributed by atoms with Crippen LogP contribution < -0.4 is 9.80 Å². The van der Waals surface area contributed by atoms with Gasteiger partial charge in [-0.05, 0) is 35.4 Å². The van der Waals surface area contributed by atoms with Gasteiger partial charge in [0.25, 0.3) is 0 Å². The van der Waals surface area contributed by atoms with E-state index in [0.717, 1.165) is 41.0 Å². The molecule has 3 heterocycles. The maximum Gasteiger partial charge on any atom is 0.159 e. The molecule has 4 aromatic rings. The molecule has 0 saturated carbocycles. The van der Waals surface area contributed by atoms with Gasteiger partial charge in [-0.2, -0.15) is 0 Å². The Morgan fingerprint density at radius 2 is 1.42 bits per heavy atom. The van der Waals surface area contributed by atoms with Gasteiger partial charge >= 0.3 is 0 Å². The van der Waals surface area contributed by atoms with E-state index in [-0.39, 0.29) is 0 Å². The summed E-state index contributed by atoms with van der Waals surface area (Å²) in [6, 6.07) is 21.5. The molecule has 0 amide bonds. The van der Waals surface area contributed by atoms with Crippen LogP contribution >= 0.6 is 0 Å². The lowest BCUT2D eigenvalue weighted by Crippen LogP contribution is -2.23. The number of benzene rings is 3. The Balaban J connectivity index is 1.55. The minimum atomic E-state index is 0.806. The van der Waals surface area contributed by atoms with Crippen LogP contribution in [0.15, 0.2) is 89.9 Å². The van der Waals surface area contributed by atoms with E-state index in [1.165, 1.54) is 16.8 Å². The van der Waals surface area contributed by atoms with Crippen LogP contribution in [0.2, 0.25) is 0 Å². The van der Waals surface area contributed by atoms with Gasteiger partial charge in [0.05, 0.1) is 19.0 Å². The van der Waals surface area contributed by atoms with Crippen molar-refractivity contribution in [2.75, 3.05) is 37.2 Å². The molecule has 0 bridgehead atoms. The average molecular weight is 409 g/mol. The predicted molar refractivity (Wildman–Crippen MR) is 128 cm³/mol. The highest BCUT2D eigenvalue weighted by molar-refractivity contribution is 6.11. The summed E-state index contributed by atoms with van der Waals surface area (Å²) in [7, 11) is 4.17. The molecular formula is C26H24N4O. The first-order valence-electron chi connectivity index (χ1n) is 10.5. The number of furan rings is 1. The van der Waals surface area contributed by atoms with E-state index in [1.807, 2.05) is 6.07 Å². The summed E-state index contributed by atoms with van der Waals surface area (Å²) >= 11 is 0. The van der Waals surface area contributed by atoms with Crippen LogP contribution in [-0.2, 0) is 0 Å². The fraction of sp³-hybridized carbons (Fsp3) is 0.154. The predicted octanol–water partition coefficient (Wildman–Crippen LogP) is 5.61. The number of fused-ring (bicyclic) bond motifs is 3. The normalized spacial score (nSPS) is 15.9. The third kappa shape index (κ3) is 3.01. The topological polar surface area (TPSA) is 26.1 Å². The molecule has 5 heteroatoms. The molecule has 0 atom stereocenters. The zero-order valence-electron chi connectivity index (χ0n) is 17.7. The smallest absolute Gasteiger partial charge is 0.159 e. The van der Waals surface area contributed by atoms with E-state index in [9.17, 15) is 0 Å². The quantitative estimate of drug-likeness (QED) is 0.439. The molecule has 2 aliphatic rings. The third-order valence-corrected chi connectivity index (χ3v) is 6.04. The van der Waals surface area contributed by atoms with Crippen LogP contribution in [0.25, 0.3) is 33.1 Å². The molecule has 6 rings (SSSR count). The summed E-state index contributed by atoms with van der Waals surface area (Å²) in [6.45, 7) is 1.65. The summed E-state index contributed by atoms with van der Waals surface area (Å²) in [5.41, 5.74) is 6.47. The molecule has 31 heavy (non-hydrogen) atoms. The van der Waals surface area contributed by atoms with Crippen LogP contribution in [0.5, 0.6) is 0 Å². The summed E-state index contributed by atoms with van der Waals surface area (Å²) in [6.07, 6.45) is 8.45. The molecule has 0 spiro atoms. The zero-order chi connectivity index (χ0) is 20.9. The van der Waals surface area contributed by atoms with Crippen molar-refractivity contribution in [1.29, 1.82) is 0 Å². The number of hydrogen-bond acceptors (Lipinski definition) is 5. The maximum atomic E-state index is 6.49. The van der Waals surface area contributed by atoms with Crippen molar-refractivity contribution in [3.8, 4) is 11.1 Å². The monoisotopic (exact) mass is 408 g/mol. The van der Waals surface area contributed by atoms with E-state index < -0.39 is 0 Å². The SMILES string of the molecule is CN1C=CN(c2cc(N3C=CN(C)C3)c3oc4cc(-c5ccccc5)ccc4c3c2)C1. The lowest BCUT2D eigenvalue weighted by atomic mass is 10.0. The summed E-state index contributed by atoms with van der Waals surface area (Å²) in [5, 5.41) is 2.29. The van der Waals surface area contributed by atoms with Crippen molar-refractivity contribution >= 4 is 33.3 Å². The van der Waals surface area contributed by atoms with Crippen molar-refractivity contribution in [2.45, 2.75) is 0 Å². The molecule has 154 valence electrons. The Morgan fingerprint density at radius 1 is 0.677 bits per heavy atom. The van der Waals surface area contributed by atoms with Crippen LogP contribution in [-0.4, -0.2) is 37.2 Å². The zero-order valence-corrected chi connectivity index (χ0v) is 17.7. The molecule has 0 radical (unpaired) electrons. The second-order valence-electron chi connectivity index (χ2n) is 8.35. The second kappa shape index (κ2) is 6.84. The fourth-order valence-corrected chi connectivity index (χ4v) is 4.42. The number of anilines is 2. The van der Waals surface area contributed by atoms with Gasteiger partial charge in [-0.15, -0.1) is 0 Å². The van der Waals surface area contributed by atoms with Gasteiger partial charge in [-0.25, -0.2) is 0 Å². The fourth-order valence-electron chi connectivity index (χ4n) is 4.42. The van der Waals surface area contributed by atoms with Gasteiger partial charge in [0.2, 0.25) is 0 Å². The van der Waals surface area contributed by atoms with Crippen LogP contribution in [0.4, 0.5) is 11.4 Å². The minimum absolute atomic E-state index is 0.806. The van der Waals surface area contributed by atoms with Crippen molar-refractivity contribution in [1.82, 2.24) is 9.80 Å². The van der Waals surface area contributed by atoms with Gasteiger partial charge in [0.15, 0.2) is 5.58 Å². The standard InChI is InChI=1S/C26H24N4O/c1-27-10-12-29(17-27)21-15-23-22-9-8-20(19-6-4-3-5-7-19)14-25(22)31-26(23)24(16-21)30-13-11-28(2)18-30/h3-16H,17-18H2,1-2H3. The average Bonchev–Trinajstić information content (AvgIpc) is 3.51. The lowest BCUT2D eigenvalue weighted by molar-refractivity contribution is 0.494. The molecule has 0 aliphatic carbocycles. The molecule has 5 nitrogen and oxygen atoms in total.